The van der Waals surface area contributed by atoms with Crippen LogP contribution in [0.3, 0.4) is 0 Å². The Kier molecular flexibility index (Phi) is 4.11. The molecule has 1 aliphatic carbocycles. The van der Waals surface area contributed by atoms with Gasteiger partial charge in [-0.25, -0.2) is 0 Å². The van der Waals surface area contributed by atoms with Crippen molar-refractivity contribution in [1.29, 1.82) is 0 Å². The van der Waals surface area contributed by atoms with Crippen LogP contribution in [0.25, 0.3) is 0 Å². The maximum Gasteiger partial charge on any atom is 0.257 e. The number of carbonyl (C=O) groups excluding carboxylic acids is 1. The van der Waals surface area contributed by atoms with Crippen molar-refractivity contribution in [1.82, 2.24) is 10.5 Å². The first-order valence-corrected chi connectivity index (χ1v) is 7.96. The van der Waals surface area contributed by atoms with E-state index in [1.807, 2.05) is 18.2 Å². The van der Waals surface area contributed by atoms with Gasteiger partial charge in [-0.3, -0.25) is 4.79 Å². The highest BCUT2D eigenvalue weighted by atomic mass is 16.5. The smallest absolute Gasteiger partial charge is 0.257 e. The Balaban J connectivity index is 1.94. The Bertz CT molecular complexity index is 695. The Morgan fingerprint density at radius 1 is 1.30 bits per heavy atom. The van der Waals surface area contributed by atoms with Gasteiger partial charge in [-0.2, -0.15) is 0 Å². The minimum atomic E-state index is -0.345. The fourth-order valence-electron chi connectivity index (χ4n) is 3.47. The maximum atomic E-state index is 12.8. The quantitative estimate of drug-likeness (QED) is 0.938. The molecule has 0 saturated heterocycles. The minimum absolute atomic E-state index is 0.119. The van der Waals surface area contributed by atoms with Crippen LogP contribution in [0.5, 0.6) is 5.75 Å². The number of hydrogen-bond donors (Lipinski definition) is 1. The third kappa shape index (κ3) is 2.83. The number of aryl methyl sites for hydroxylation is 2. The van der Waals surface area contributed by atoms with Gasteiger partial charge in [0.1, 0.15) is 17.1 Å². The van der Waals surface area contributed by atoms with Crippen molar-refractivity contribution in [3.05, 3.63) is 46.8 Å². The summed E-state index contributed by atoms with van der Waals surface area (Å²) in [6, 6.07) is 7.96. The molecule has 2 aromatic rings. The molecule has 1 saturated carbocycles. The summed E-state index contributed by atoms with van der Waals surface area (Å²) in [5, 5.41) is 7.13. The SMILES string of the molecule is COc1cccc(C2(NC(=O)c3c(C)noc3C)CCCC2)c1. The molecule has 1 heterocycles. The second kappa shape index (κ2) is 6.07. The summed E-state index contributed by atoms with van der Waals surface area (Å²) in [5.74, 6) is 1.24. The van der Waals surface area contributed by atoms with Gasteiger partial charge in [-0.1, -0.05) is 30.1 Å². The second-order valence-corrected chi connectivity index (χ2v) is 6.17. The van der Waals surface area contributed by atoms with Crippen LogP contribution < -0.4 is 10.1 Å². The summed E-state index contributed by atoms with van der Waals surface area (Å²) in [4.78, 5) is 12.8. The zero-order valence-electron chi connectivity index (χ0n) is 13.8. The summed E-state index contributed by atoms with van der Waals surface area (Å²) in [5.41, 5.74) is 1.91. The molecule has 5 nitrogen and oxygen atoms in total. The number of carbonyl (C=O) groups is 1. The molecule has 1 amide bonds. The molecule has 0 atom stereocenters. The lowest BCUT2D eigenvalue weighted by Gasteiger charge is -2.31. The van der Waals surface area contributed by atoms with E-state index in [2.05, 4.69) is 16.5 Å². The zero-order valence-corrected chi connectivity index (χ0v) is 13.8. The number of amides is 1. The van der Waals surface area contributed by atoms with Gasteiger partial charge < -0.3 is 14.6 Å². The van der Waals surface area contributed by atoms with Gasteiger partial charge in [0, 0.05) is 0 Å². The number of hydrogen-bond acceptors (Lipinski definition) is 4. The van der Waals surface area contributed by atoms with Crippen LogP contribution >= 0.6 is 0 Å². The number of rotatable bonds is 4. The lowest BCUT2D eigenvalue weighted by molar-refractivity contribution is 0.0896. The number of benzene rings is 1. The molecule has 1 aliphatic rings. The topological polar surface area (TPSA) is 64.4 Å². The van der Waals surface area contributed by atoms with Crippen molar-refractivity contribution in [2.45, 2.75) is 45.1 Å². The van der Waals surface area contributed by atoms with E-state index >= 15 is 0 Å². The van der Waals surface area contributed by atoms with Crippen LogP contribution in [0.1, 0.15) is 53.1 Å². The van der Waals surface area contributed by atoms with E-state index < -0.39 is 0 Å². The third-order valence-corrected chi connectivity index (χ3v) is 4.69. The predicted molar refractivity (Wildman–Crippen MR) is 86.6 cm³/mol. The largest absolute Gasteiger partial charge is 0.497 e. The van der Waals surface area contributed by atoms with Crippen LogP contribution in [0, 0.1) is 13.8 Å². The highest BCUT2D eigenvalue weighted by Crippen LogP contribution is 2.40. The van der Waals surface area contributed by atoms with Gasteiger partial charge in [0.05, 0.1) is 18.3 Å². The highest BCUT2D eigenvalue weighted by molar-refractivity contribution is 5.96. The molecule has 0 aliphatic heterocycles. The minimum Gasteiger partial charge on any atom is -0.497 e. The molecule has 0 unspecified atom stereocenters. The summed E-state index contributed by atoms with van der Waals surface area (Å²) in [6.45, 7) is 3.56. The molecule has 3 rings (SSSR count). The van der Waals surface area contributed by atoms with Gasteiger partial charge in [0.25, 0.3) is 5.91 Å². The van der Waals surface area contributed by atoms with Gasteiger partial charge in [0.2, 0.25) is 0 Å². The lowest BCUT2D eigenvalue weighted by atomic mass is 9.87. The van der Waals surface area contributed by atoms with E-state index in [0.717, 1.165) is 37.0 Å². The van der Waals surface area contributed by atoms with Crippen LogP contribution in [-0.4, -0.2) is 18.2 Å². The molecule has 0 radical (unpaired) electrons. The second-order valence-electron chi connectivity index (χ2n) is 6.17. The van der Waals surface area contributed by atoms with Gasteiger partial charge >= 0.3 is 0 Å². The van der Waals surface area contributed by atoms with Crippen LogP contribution in [0.15, 0.2) is 28.8 Å². The first-order chi connectivity index (χ1) is 11.1. The maximum absolute atomic E-state index is 12.8. The first kappa shape index (κ1) is 15.6. The Morgan fingerprint density at radius 3 is 2.65 bits per heavy atom. The average molecular weight is 314 g/mol. The molecule has 23 heavy (non-hydrogen) atoms. The van der Waals surface area contributed by atoms with Gasteiger partial charge in [-0.15, -0.1) is 0 Å². The van der Waals surface area contributed by atoms with E-state index in [1.54, 1.807) is 21.0 Å². The third-order valence-electron chi connectivity index (χ3n) is 4.69. The van der Waals surface area contributed by atoms with E-state index in [-0.39, 0.29) is 11.4 Å². The number of aromatic nitrogens is 1. The van der Waals surface area contributed by atoms with E-state index in [9.17, 15) is 4.79 Å². The van der Waals surface area contributed by atoms with Crippen LogP contribution in [-0.2, 0) is 5.54 Å². The fourth-order valence-corrected chi connectivity index (χ4v) is 3.47. The summed E-state index contributed by atoms with van der Waals surface area (Å²) in [6.07, 6.45) is 4.04. The molecular weight excluding hydrogens is 292 g/mol. The van der Waals surface area contributed by atoms with E-state index in [1.165, 1.54) is 0 Å². The Morgan fingerprint density at radius 2 is 2.04 bits per heavy atom. The zero-order chi connectivity index (χ0) is 16.4. The van der Waals surface area contributed by atoms with Gasteiger partial charge in [0.15, 0.2) is 0 Å². The number of nitrogens with one attached hydrogen (secondary N) is 1. The highest BCUT2D eigenvalue weighted by Gasteiger charge is 2.38. The van der Waals surface area contributed by atoms with Crippen molar-refractivity contribution < 1.29 is 14.1 Å². The van der Waals surface area contributed by atoms with Crippen LogP contribution in [0.2, 0.25) is 0 Å². The van der Waals surface area contributed by atoms with E-state index in [0.29, 0.717) is 17.0 Å². The summed E-state index contributed by atoms with van der Waals surface area (Å²) < 4.78 is 10.5. The molecule has 1 N–H and O–H groups in total. The number of ether oxygens (including phenoxy) is 1. The van der Waals surface area contributed by atoms with Crippen molar-refractivity contribution in [3.63, 3.8) is 0 Å². The molecule has 0 bridgehead atoms. The first-order valence-electron chi connectivity index (χ1n) is 7.96. The molecule has 5 heteroatoms. The monoisotopic (exact) mass is 314 g/mol. The standard InChI is InChI=1S/C18H22N2O3/c1-12-16(13(2)23-20-12)17(21)19-18(9-4-5-10-18)14-7-6-8-15(11-14)22-3/h6-8,11H,4-5,9-10H2,1-3H3,(H,19,21). The number of nitrogens with zero attached hydrogens (tertiary/aromatic N) is 1. The Labute approximate surface area is 136 Å². The molecule has 1 aromatic heterocycles. The molecule has 122 valence electrons. The van der Waals surface area contributed by atoms with Crippen molar-refractivity contribution >= 4 is 5.91 Å². The van der Waals surface area contributed by atoms with Gasteiger partial charge in [-0.05, 0) is 44.4 Å². The van der Waals surface area contributed by atoms with Crippen molar-refractivity contribution in [2.24, 2.45) is 0 Å². The number of methoxy groups -OCH3 is 1. The van der Waals surface area contributed by atoms with Crippen LogP contribution in [0.4, 0.5) is 0 Å². The van der Waals surface area contributed by atoms with Crippen molar-refractivity contribution in [2.75, 3.05) is 7.11 Å². The van der Waals surface area contributed by atoms with E-state index in [4.69, 9.17) is 9.26 Å². The molecule has 1 fully saturated rings. The molecule has 0 spiro atoms. The summed E-state index contributed by atoms with van der Waals surface area (Å²) >= 11 is 0. The average Bonchev–Trinajstić information content (AvgIpc) is 3.15. The van der Waals surface area contributed by atoms with Crippen molar-refractivity contribution in [3.8, 4) is 5.75 Å². The normalized spacial score (nSPS) is 16.3. The predicted octanol–water partition coefficient (Wildman–Crippen LogP) is 3.50. The molecule has 1 aromatic carbocycles. The fraction of sp³-hybridized carbons (Fsp3) is 0.444. The molecular formula is C18H22N2O3. The Hall–Kier alpha value is -2.30. The summed E-state index contributed by atoms with van der Waals surface area (Å²) in [7, 11) is 1.66. The lowest BCUT2D eigenvalue weighted by Crippen LogP contribution is -2.44.